The van der Waals surface area contributed by atoms with Crippen LogP contribution in [0.3, 0.4) is 0 Å². The zero-order valence-electron chi connectivity index (χ0n) is 20.7. The van der Waals surface area contributed by atoms with E-state index >= 15 is 0 Å². The Morgan fingerprint density at radius 3 is 1.70 bits per heavy atom. The lowest BCUT2D eigenvalue weighted by Gasteiger charge is -2.27. The molecule has 5 heteroatoms. The minimum absolute atomic E-state index is 0.0778. The van der Waals surface area contributed by atoms with Gasteiger partial charge in [0.25, 0.3) is 0 Å². The van der Waals surface area contributed by atoms with E-state index in [2.05, 4.69) is 48.5 Å². The van der Waals surface area contributed by atoms with E-state index in [-0.39, 0.29) is 24.3 Å². The summed E-state index contributed by atoms with van der Waals surface area (Å²) >= 11 is 0. The fraction of sp³-hybridized carbons (Fsp3) is 0.250. The van der Waals surface area contributed by atoms with Crippen LogP contribution in [0.2, 0.25) is 0 Å². The number of ether oxygens (including phenoxy) is 3. The molecule has 37 heavy (non-hydrogen) atoms. The van der Waals surface area contributed by atoms with Crippen LogP contribution in [-0.2, 0) is 34.0 Å². The molecule has 1 fully saturated rings. The largest absolute Gasteiger partial charge is 0.404 e. The molecule has 6 rings (SSSR count). The summed E-state index contributed by atoms with van der Waals surface area (Å²) in [5.41, 5.74) is 4.52. The second-order valence-corrected chi connectivity index (χ2v) is 9.52. The van der Waals surface area contributed by atoms with Crippen LogP contribution < -0.4 is 4.84 Å². The molecular weight excluding hydrogens is 462 g/mol. The maximum absolute atomic E-state index is 6.65. The molecule has 0 unspecified atom stereocenters. The lowest BCUT2D eigenvalue weighted by Crippen LogP contribution is -2.42. The molecule has 4 atom stereocenters. The molecule has 0 saturated carbocycles. The molecule has 0 aliphatic carbocycles. The number of nitrogens with zero attached hydrogens (tertiary/aromatic N) is 1. The Morgan fingerprint density at radius 1 is 0.568 bits per heavy atom. The van der Waals surface area contributed by atoms with Gasteiger partial charge < -0.3 is 19.0 Å². The van der Waals surface area contributed by atoms with E-state index < -0.39 is 0 Å². The highest BCUT2D eigenvalue weighted by molar-refractivity contribution is 5.41. The van der Waals surface area contributed by atoms with Crippen LogP contribution in [0.4, 0.5) is 0 Å². The monoisotopic (exact) mass is 493 g/mol. The van der Waals surface area contributed by atoms with Crippen LogP contribution >= 0.6 is 0 Å². The topological polar surface area (TPSA) is 40.2 Å². The molecule has 0 spiro atoms. The highest BCUT2D eigenvalue weighted by Crippen LogP contribution is 2.48. The predicted octanol–water partition coefficient (Wildman–Crippen LogP) is 6.11. The van der Waals surface area contributed by atoms with Crippen molar-refractivity contribution in [2.45, 2.75) is 44.1 Å². The van der Waals surface area contributed by atoms with E-state index in [1.807, 2.05) is 71.8 Å². The number of hydrogen-bond acceptors (Lipinski definition) is 5. The van der Waals surface area contributed by atoms with Crippen molar-refractivity contribution in [3.8, 4) is 5.75 Å². The smallest absolute Gasteiger partial charge is 0.152 e. The quantitative estimate of drug-likeness (QED) is 0.267. The van der Waals surface area contributed by atoms with Gasteiger partial charge in [0.05, 0.1) is 32.5 Å². The molecule has 188 valence electrons. The van der Waals surface area contributed by atoms with E-state index in [1.165, 1.54) is 0 Å². The van der Waals surface area contributed by atoms with Crippen molar-refractivity contribution in [1.29, 1.82) is 0 Å². The van der Waals surface area contributed by atoms with Gasteiger partial charge in [0.2, 0.25) is 0 Å². The molecular formula is C32H31NO4. The van der Waals surface area contributed by atoms with Crippen LogP contribution in [0, 0.1) is 0 Å². The van der Waals surface area contributed by atoms with Crippen LogP contribution in [0.5, 0.6) is 5.75 Å². The van der Waals surface area contributed by atoms with E-state index in [4.69, 9.17) is 19.0 Å². The molecule has 2 aliphatic heterocycles. The normalized spacial score (nSPS) is 22.4. The fourth-order valence-corrected chi connectivity index (χ4v) is 5.22. The fourth-order valence-electron chi connectivity index (χ4n) is 5.22. The number of benzene rings is 4. The summed E-state index contributed by atoms with van der Waals surface area (Å²) in [5, 5.41) is 2.04. The zero-order valence-corrected chi connectivity index (χ0v) is 20.7. The highest BCUT2D eigenvalue weighted by atomic mass is 16.7. The van der Waals surface area contributed by atoms with Crippen molar-refractivity contribution in [3.05, 3.63) is 138 Å². The Hall–Kier alpha value is -3.48. The number of hydroxylamine groups is 2. The van der Waals surface area contributed by atoms with Crippen LogP contribution in [0.1, 0.15) is 28.3 Å². The molecule has 4 aromatic rings. The van der Waals surface area contributed by atoms with Gasteiger partial charge in [0.15, 0.2) is 5.75 Å². The first-order chi connectivity index (χ1) is 18.4. The summed E-state index contributed by atoms with van der Waals surface area (Å²) in [7, 11) is 0. The van der Waals surface area contributed by atoms with Gasteiger partial charge in [0, 0.05) is 5.56 Å². The van der Waals surface area contributed by atoms with Crippen LogP contribution in [-0.4, -0.2) is 29.9 Å². The summed E-state index contributed by atoms with van der Waals surface area (Å²) in [6.45, 7) is 1.99. The van der Waals surface area contributed by atoms with E-state index in [9.17, 15) is 0 Å². The Balaban J connectivity index is 1.27. The van der Waals surface area contributed by atoms with Crippen LogP contribution in [0.15, 0.2) is 115 Å². The SMILES string of the molecule is c1ccc(COC[C@@H]2[C@@H](OCc3ccccc3)[C@H](OCc3ccccc3)[C@H]3c4ccccc4ON23)cc1. The van der Waals surface area contributed by atoms with Gasteiger partial charge in [-0.2, -0.15) is 0 Å². The van der Waals surface area contributed by atoms with Crippen molar-refractivity contribution in [2.75, 3.05) is 6.61 Å². The standard InChI is InChI=1S/C32H31NO4/c1-4-12-24(13-5-1)20-34-23-28-31(35-21-25-14-6-2-7-15-25)32(36-22-26-16-8-3-9-17-26)30-27-18-10-11-19-29(27)37-33(28)30/h1-19,28,30-32H,20-23H2/t28-,30-,31-,32-/m1/s1. The second-order valence-electron chi connectivity index (χ2n) is 9.52. The van der Waals surface area contributed by atoms with Crippen molar-refractivity contribution < 1.29 is 19.0 Å². The Bertz CT molecular complexity index is 1270. The third kappa shape index (κ3) is 5.31. The molecule has 2 heterocycles. The number of fused-ring (bicyclic) bond motifs is 3. The summed E-state index contributed by atoms with van der Waals surface area (Å²) in [6, 6.07) is 38.8. The average Bonchev–Trinajstić information content (AvgIpc) is 3.47. The Labute approximate surface area is 218 Å². The maximum Gasteiger partial charge on any atom is 0.152 e. The number of hydrogen-bond donors (Lipinski definition) is 0. The van der Waals surface area contributed by atoms with Crippen LogP contribution in [0.25, 0.3) is 0 Å². The molecule has 0 N–H and O–H groups in total. The van der Waals surface area contributed by atoms with E-state index in [0.29, 0.717) is 26.4 Å². The van der Waals surface area contributed by atoms with Crippen molar-refractivity contribution in [1.82, 2.24) is 5.06 Å². The summed E-state index contributed by atoms with van der Waals surface area (Å²) < 4.78 is 19.5. The maximum atomic E-state index is 6.65. The number of rotatable bonds is 10. The minimum Gasteiger partial charge on any atom is -0.404 e. The molecule has 2 aliphatic rings. The lowest BCUT2D eigenvalue weighted by atomic mass is 10.00. The van der Waals surface area contributed by atoms with Gasteiger partial charge in [0.1, 0.15) is 18.2 Å². The van der Waals surface area contributed by atoms with Gasteiger partial charge in [-0.25, -0.2) is 0 Å². The molecule has 0 bridgehead atoms. The van der Waals surface area contributed by atoms with Crippen molar-refractivity contribution in [3.63, 3.8) is 0 Å². The molecule has 0 radical (unpaired) electrons. The van der Waals surface area contributed by atoms with Gasteiger partial charge in [-0.05, 0) is 22.8 Å². The Kier molecular flexibility index (Phi) is 7.28. The predicted molar refractivity (Wildman–Crippen MR) is 142 cm³/mol. The first-order valence-corrected chi connectivity index (χ1v) is 12.8. The molecule has 5 nitrogen and oxygen atoms in total. The van der Waals surface area contributed by atoms with Crippen molar-refractivity contribution >= 4 is 0 Å². The van der Waals surface area contributed by atoms with Crippen molar-refractivity contribution in [2.24, 2.45) is 0 Å². The Morgan fingerprint density at radius 2 is 1.08 bits per heavy atom. The first kappa shape index (κ1) is 23.9. The highest BCUT2D eigenvalue weighted by Gasteiger charge is 2.56. The number of para-hydroxylation sites is 1. The second kappa shape index (κ2) is 11.3. The summed E-state index contributed by atoms with van der Waals surface area (Å²) in [5.74, 6) is 0.871. The minimum atomic E-state index is -0.238. The third-order valence-electron chi connectivity index (χ3n) is 7.03. The molecule has 0 amide bonds. The third-order valence-corrected chi connectivity index (χ3v) is 7.03. The van der Waals surface area contributed by atoms with Gasteiger partial charge in [-0.15, -0.1) is 5.06 Å². The van der Waals surface area contributed by atoms with E-state index in [1.54, 1.807) is 0 Å². The lowest BCUT2D eigenvalue weighted by molar-refractivity contribution is -0.125. The summed E-state index contributed by atoms with van der Waals surface area (Å²) in [6.07, 6.45) is -0.462. The van der Waals surface area contributed by atoms with Gasteiger partial charge >= 0.3 is 0 Å². The summed E-state index contributed by atoms with van der Waals surface area (Å²) in [4.78, 5) is 6.40. The first-order valence-electron chi connectivity index (χ1n) is 12.8. The molecule has 1 saturated heterocycles. The van der Waals surface area contributed by atoms with Gasteiger partial charge in [-0.1, -0.05) is 109 Å². The zero-order chi connectivity index (χ0) is 24.9. The molecule has 4 aromatic carbocycles. The van der Waals surface area contributed by atoms with E-state index in [0.717, 1.165) is 28.0 Å². The van der Waals surface area contributed by atoms with Gasteiger partial charge in [-0.3, -0.25) is 0 Å². The molecule has 0 aromatic heterocycles. The average molecular weight is 494 g/mol.